The van der Waals surface area contributed by atoms with E-state index >= 15 is 0 Å². The monoisotopic (exact) mass is 289 g/mol. The number of rotatable bonds is 5. The van der Waals surface area contributed by atoms with Crippen molar-refractivity contribution in [1.82, 2.24) is 9.97 Å². The van der Waals surface area contributed by atoms with Gasteiger partial charge in [-0.3, -0.25) is 4.79 Å². The second-order valence-corrected chi connectivity index (χ2v) is 4.64. The lowest BCUT2D eigenvalue weighted by Gasteiger charge is -2.07. The zero-order valence-electron chi connectivity index (χ0n) is 11.3. The molecule has 0 fully saturated rings. The molecule has 0 aliphatic carbocycles. The molecule has 0 bridgehead atoms. The summed E-state index contributed by atoms with van der Waals surface area (Å²) < 4.78 is 5.34. The highest BCUT2D eigenvalue weighted by atomic mass is 32.2. The van der Waals surface area contributed by atoms with Gasteiger partial charge in [0.2, 0.25) is 0 Å². The van der Waals surface area contributed by atoms with E-state index < -0.39 is 0 Å². The van der Waals surface area contributed by atoms with Gasteiger partial charge in [0.05, 0.1) is 12.2 Å². The lowest BCUT2D eigenvalue weighted by Crippen LogP contribution is -2.12. The number of hydrogen-bond donors (Lipinski definition) is 1. The zero-order valence-corrected chi connectivity index (χ0v) is 12.1. The molecule has 104 valence electrons. The van der Waals surface area contributed by atoms with Crippen molar-refractivity contribution in [2.75, 3.05) is 18.2 Å². The number of nitrogens with one attached hydrogen (secondary N) is 1. The molecular weight excluding hydrogens is 274 g/mol. The van der Waals surface area contributed by atoms with Crippen LogP contribution in [0, 0.1) is 0 Å². The van der Waals surface area contributed by atoms with Crippen LogP contribution in [0.15, 0.2) is 41.8 Å². The third kappa shape index (κ3) is 3.71. The molecule has 0 radical (unpaired) electrons. The van der Waals surface area contributed by atoms with E-state index in [1.54, 1.807) is 12.1 Å². The molecule has 0 saturated carbocycles. The second kappa shape index (κ2) is 6.91. The lowest BCUT2D eigenvalue weighted by molar-refractivity contribution is 0.102. The molecule has 0 aliphatic rings. The number of amides is 1. The van der Waals surface area contributed by atoms with Crippen molar-refractivity contribution in [3.05, 3.63) is 42.2 Å². The van der Waals surface area contributed by atoms with Crippen LogP contribution in [-0.2, 0) is 0 Å². The number of nitrogens with zero attached hydrogens (tertiary/aromatic N) is 2. The van der Waals surface area contributed by atoms with Crippen molar-refractivity contribution in [3.8, 4) is 5.75 Å². The summed E-state index contributed by atoms with van der Waals surface area (Å²) in [6.07, 6.45) is 4.92. The number of benzene rings is 1. The van der Waals surface area contributed by atoms with E-state index in [1.165, 1.54) is 24.2 Å². The molecule has 20 heavy (non-hydrogen) atoms. The van der Waals surface area contributed by atoms with Gasteiger partial charge in [0.1, 0.15) is 5.75 Å². The molecule has 1 aromatic heterocycles. The first-order valence-electron chi connectivity index (χ1n) is 6.13. The predicted molar refractivity (Wildman–Crippen MR) is 79.4 cm³/mol. The lowest BCUT2D eigenvalue weighted by atomic mass is 10.2. The van der Waals surface area contributed by atoms with Crippen molar-refractivity contribution in [1.29, 1.82) is 0 Å². The van der Waals surface area contributed by atoms with Crippen molar-refractivity contribution in [2.45, 2.75) is 12.1 Å². The van der Waals surface area contributed by atoms with Gasteiger partial charge >= 0.3 is 0 Å². The Bertz CT molecular complexity index is 570. The molecule has 0 unspecified atom stereocenters. The van der Waals surface area contributed by atoms with E-state index in [4.69, 9.17) is 4.74 Å². The maximum Gasteiger partial charge on any atom is 0.258 e. The molecule has 1 heterocycles. The molecule has 2 aromatic rings. The van der Waals surface area contributed by atoms with E-state index in [1.807, 2.05) is 25.3 Å². The van der Waals surface area contributed by atoms with E-state index in [2.05, 4.69) is 15.3 Å². The number of hydrogen-bond acceptors (Lipinski definition) is 5. The third-order valence-electron chi connectivity index (χ3n) is 2.50. The zero-order chi connectivity index (χ0) is 14.4. The van der Waals surface area contributed by atoms with Crippen LogP contribution in [0.4, 0.5) is 5.69 Å². The SMILES string of the molecule is CCOc1ccc(NC(=O)c2cnc(SC)nc2)cc1. The quantitative estimate of drug-likeness (QED) is 0.677. The normalized spacial score (nSPS) is 10.1. The molecule has 1 N–H and O–H groups in total. The molecule has 6 heteroatoms. The summed E-state index contributed by atoms with van der Waals surface area (Å²) in [5, 5.41) is 3.43. The topological polar surface area (TPSA) is 64.1 Å². The number of anilines is 1. The number of carbonyl (C=O) groups excluding carboxylic acids is 1. The van der Waals surface area contributed by atoms with Gasteiger partial charge < -0.3 is 10.1 Å². The van der Waals surface area contributed by atoms with E-state index in [-0.39, 0.29) is 5.91 Å². The number of thioether (sulfide) groups is 1. The Morgan fingerprint density at radius 1 is 1.25 bits per heavy atom. The Labute approximate surface area is 121 Å². The molecule has 2 rings (SSSR count). The maximum atomic E-state index is 12.0. The smallest absolute Gasteiger partial charge is 0.258 e. The van der Waals surface area contributed by atoms with Crippen LogP contribution in [0.25, 0.3) is 0 Å². The number of aromatic nitrogens is 2. The van der Waals surface area contributed by atoms with Crippen LogP contribution in [0.3, 0.4) is 0 Å². The molecule has 0 saturated heterocycles. The highest BCUT2D eigenvalue weighted by Gasteiger charge is 2.07. The Hall–Kier alpha value is -2.08. The average molecular weight is 289 g/mol. The minimum atomic E-state index is -0.234. The molecule has 0 atom stereocenters. The van der Waals surface area contributed by atoms with Gasteiger partial charge in [-0.2, -0.15) is 0 Å². The summed E-state index contributed by atoms with van der Waals surface area (Å²) in [7, 11) is 0. The average Bonchev–Trinajstić information content (AvgIpc) is 2.49. The number of ether oxygens (including phenoxy) is 1. The van der Waals surface area contributed by atoms with Crippen LogP contribution < -0.4 is 10.1 Å². The Morgan fingerprint density at radius 3 is 2.45 bits per heavy atom. The first kappa shape index (κ1) is 14.3. The Morgan fingerprint density at radius 2 is 1.90 bits per heavy atom. The molecule has 1 amide bonds. The van der Waals surface area contributed by atoms with Gasteiger partial charge in [-0.25, -0.2) is 9.97 Å². The van der Waals surface area contributed by atoms with Crippen molar-refractivity contribution < 1.29 is 9.53 Å². The first-order chi connectivity index (χ1) is 9.72. The summed E-state index contributed by atoms with van der Waals surface area (Å²) >= 11 is 1.43. The second-order valence-electron chi connectivity index (χ2n) is 3.87. The van der Waals surface area contributed by atoms with Crippen molar-refractivity contribution >= 4 is 23.4 Å². The van der Waals surface area contributed by atoms with E-state index in [0.717, 1.165) is 5.75 Å². The highest BCUT2D eigenvalue weighted by molar-refractivity contribution is 7.98. The maximum absolute atomic E-state index is 12.0. The van der Waals surface area contributed by atoms with Gasteiger partial charge in [0, 0.05) is 18.1 Å². The van der Waals surface area contributed by atoms with Crippen LogP contribution >= 0.6 is 11.8 Å². The fourth-order valence-electron chi connectivity index (χ4n) is 1.54. The Kier molecular flexibility index (Phi) is 4.95. The molecular formula is C14H15N3O2S. The Balaban J connectivity index is 2.02. The summed E-state index contributed by atoms with van der Waals surface area (Å²) in [5.41, 5.74) is 1.13. The summed E-state index contributed by atoms with van der Waals surface area (Å²) in [6, 6.07) is 7.21. The molecule has 1 aromatic carbocycles. The summed E-state index contributed by atoms with van der Waals surface area (Å²) in [5.74, 6) is 0.542. The number of carbonyl (C=O) groups is 1. The van der Waals surface area contributed by atoms with Crippen molar-refractivity contribution in [3.63, 3.8) is 0 Å². The first-order valence-corrected chi connectivity index (χ1v) is 7.35. The summed E-state index contributed by atoms with van der Waals surface area (Å²) in [6.45, 7) is 2.54. The van der Waals surface area contributed by atoms with Gasteiger partial charge in [0.15, 0.2) is 5.16 Å². The van der Waals surface area contributed by atoms with Gasteiger partial charge in [-0.1, -0.05) is 11.8 Å². The van der Waals surface area contributed by atoms with Gasteiger partial charge in [-0.15, -0.1) is 0 Å². The molecule has 0 spiro atoms. The van der Waals surface area contributed by atoms with E-state index in [0.29, 0.717) is 23.0 Å². The molecule has 5 nitrogen and oxygen atoms in total. The predicted octanol–water partition coefficient (Wildman–Crippen LogP) is 2.85. The fourth-order valence-corrected chi connectivity index (χ4v) is 1.86. The van der Waals surface area contributed by atoms with Crippen LogP contribution in [0.2, 0.25) is 0 Å². The van der Waals surface area contributed by atoms with Crippen LogP contribution in [0.5, 0.6) is 5.75 Å². The fraction of sp³-hybridized carbons (Fsp3) is 0.214. The van der Waals surface area contributed by atoms with Gasteiger partial charge in [0.25, 0.3) is 5.91 Å². The third-order valence-corrected chi connectivity index (χ3v) is 3.07. The standard InChI is InChI=1S/C14H15N3O2S/c1-3-19-12-6-4-11(5-7-12)17-13(18)10-8-15-14(20-2)16-9-10/h4-9H,3H2,1-2H3,(H,17,18). The van der Waals surface area contributed by atoms with Gasteiger partial charge in [-0.05, 0) is 37.4 Å². The molecule has 0 aliphatic heterocycles. The minimum Gasteiger partial charge on any atom is -0.494 e. The highest BCUT2D eigenvalue weighted by Crippen LogP contribution is 2.16. The largest absolute Gasteiger partial charge is 0.494 e. The van der Waals surface area contributed by atoms with Crippen molar-refractivity contribution in [2.24, 2.45) is 0 Å². The minimum absolute atomic E-state index is 0.234. The summed E-state index contributed by atoms with van der Waals surface area (Å²) in [4.78, 5) is 20.1. The van der Waals surface area contributed by atoms with Crippen LogP contribution in [0.1, 0.15) is 17.3 Å². The van der Waals surface area contributed by atoms with Crippen LogP contribution in [-0.4, -0.2) is 28.7 Å². The van der Waals surface area contributed by atoms with E-state index in [9.17, 15) is 4.79 Å².